The van der Waals surface area contributed by atoms with E-state index in [1.54, 1.807) is 24.7 Å². The number of carboxylic acids is 1. The first-order valence-corrected chi connectivity index (χ1v) is 8.98. The smallest absolute Gasteiger partial charge is 0.303 e. The third-order valence-corrected chi connectivity index (χ3v) is 4.18. The van der Waals surface area contributed by atoms with E-state index in [4.69, 9.17) is 5.11 Å². The van der Waals surface area contributed by atoms with Gasteiger partial charge in [-0.05, 0) is 18.9 Å². The molecule has 0 aromatic carbocycles. The lowest BCUT2D eigenvalue weighted by Gasteiger charge is -2.34. The number of aromatic nitrogens is 2. The van der Waals surface area contributed by atoms with Crippen LogP contribution in [0.1, 0.15) is 25.7 Å². The molecule has 0 unspecified atom stereocenters. The molecule has 0 atom stereocenters. The first-order valence-electron chi connectivity index (χ1n) is 8.98. The number of nitriles is 1. The van der Waals surface area contributed by atoms with Crippen molar-refractivity contribution in [3.63, 3.8) is 0 Å². The highest BCUT2D eigenvalue weighted by Gasteiger charge is 2.18. The molecule has 1 aromatic rings. The number of carbonyl (C=O) groups excluding carboxylic acids is 1. The number of carboxylic acid groups (broad SMARTS) is 1. The fourth-order valence-corrected chi connectivity index (χ4v) is 2.70. The summed E-state index contributed by atoms with van der Waals surface area (Å²) in [6.07, 6.45) is 7.14. The Kier molecular flexibility index (Phi) is 8.03. The molecule has 27 heavy (non-hydrogen) atoms. The Morgan fingerprint density at radius 2 is 1.89 bits per heavy atom. The predicted molar refractivity (Wildman–Crippen MR) is 98.6 cm³/mol. The lowest BCUT2D eigenvalue weighted by Crippen LogP contribution is -2.45. The van der Waals surface area contributed by atoms with Crippen LogP contribution in [0, 0.1) is 11.3 Å². The van der Waals surface area contributed by atoms with Crippen molar-refractivity contribution in [2.24, 2.45) is 0 Å². The van der Waals surface area contributed by atoms with Gasteiger partial charge in [0, 0.05) is 57.7 Å². The second-order valence-electron chi connectivity index (χ2n) is 6.19. The van der Waals surface area contributed by atoms with Crippen LogP contribution < -0.4 is 10.2 Å². The molecule has 2 heterocycles. The number of piperazine rings is 1. The van der Waals surface area contributed by atoms with E-state index in [-0.39, 0.29) is 12.0 Å². The van der Waals surface area contributed by atoms with Gasteiger partial charge in [-0.1, -0.05) is 6.42 Å². The molecule has 0 radical (unpaired) electrons. The van der Waals surface area contributed by atoms with E-state index in [0.717, 1.165) is 6.42 Å². The van der Waals surface area contributed by atoms with Gasteiger partial charge in [0.1, 0.15) is 11.6 Å². The molecule has 1 saturated heterocycles. The minimum absolute atomic E-state index is 0.0740. The molecule has 1 aliphatic rings. The van der Waals surface area contributed by atoms with Gasteiger partial charge in [-0.3, -0.25) is 9.59 Å². The van der Waals surface area contributed by atoms with E-state index < -0.39 is 11.9 Å². The quantitative estimate of drug-likeness (QED) is 0.370. The minimum atomic E-state index is -0.812. The fraction of sp³-hybridized carbons (Fsp3) is 0.500. The normalized spacial score (nSPS) is 14.6. The number of hydrogen-bond donors (Lipinski definition) is 2. The molecule has 0 saturated carbocycles. The molecule has 2 N–H and O–H groups in total. The van der Waals surface area contributed by atoms with Crippen molar-refractivity contribution in [1.29, 1.82) is 5.26 Å². The van der Waals surface area contributed by atoms with Gasteiger partial charge in [0.25, 0.3) is 5.91 Å². The Bertz CT molecular complexity index is 693. The third-order valence-electron chi connectivity index (χ3n) is 4.18. The fourth-order valence-electron chi connectivity index (χ4n) is 2.70. The molecule has 0 aliphatic carbocycles. The Labute approximate surface area is 158 Å². The first-order chi connectivity index (χ1) is 13.1. The summed E-state index contributed by atoms with van der Waals surface area (Å²) in [5, 5.41) is 20.5. The maximum atomic E-state index is 12.1. The largest absolute Gasteiger partial charge is 0.481 e. The standard InChI is InChI=1S/C18H24N6O3/c19-13-15(17(27)20-6-3-1-2-5-16(25)26)14-23-9-11-24(12-10-23)18-21-7-4-8-22-18/h4,7-8,14H,1-3,5-6,9-12H2,(H,20,27)(H,25,26)/b15-14-. The number of carbonyl (C=O) groups is 2. The number of hydrogen-bond acceptors (Lipinski definition) is 7. The van der Waals surface area contributed by atoms with Crippen LogP contribution in [0.15, 0.2) is 30.2 Å². The van der Waals surface area contributed by atoms with E-state index in [1.807, 2.05) is 11.0 Å². The first kappa shape index (κ1) is 20.2. The van der Waals surface area contributed by atoms with Crippen LogP contribution in [0.3, 0.4) is 0 Å². The van der Waals surface area contributed by atoms with Crippen molar-refractivity contribution in [2.45, 2.75) is 25.7 Å². The molecule has 1 amide bonds. The van der Waals surface area contributed by atoms with Crippen LogP contribution in [-0.2, 0) is 9.59 Å². The molecule has 2 rings (SSSR count). The van der Waals surface area contributed by atoms with Crippen LogP contribution in [0.2, 0.25) is 0 Å². The van der Waals surface area contributed by atoms with Gasteiger partial charge in [0.2, 0.25) is 5.95 Å². The number of unbranched alkanes of at least 4 members (excludes halogenated alkanes) is 2. The molecule has 0 spiro atoms. The van der Waals surface area contributed by atoms with Crippen LogP contribution in [-0.4, -0.2) is 64.6 Å². The Hall–Kier alpha value is -3.15. The van der Waals surface area contributed by atoms with Crippen molar-refractivity contribution in [2.75, 3.05) is 37.6 Å². The average Bonchev–Trinajstić information content (AvgIpc) is 2.69. The van der Waals surface area contributed by atoms with E-state index in [9.17, 15) is 14.9 Å². The minimum Gasteiger partial charge on any atom is -0.481 e. The summed E-state index contributed by atoms with van der Waals surface area (Å²) in [6, 6.07) is 3.72. The highest BCUT2D eigenvalue weighted by atomic mass is 16.4. The van der Waals surface area contributed by atoms with E-state index >= 15 is 0 Å². The Morgan fingerprint density at radius 1 is 1.19 bits per heavy atom. The lowest BCUT2D eigenvalue weighted by molar-refractivity contribution is -0.137. The number of nitrogens with zero attached hydrogens (tertiary/aromatic N) is 5. The third kappa shape index (κ3) is 6.93. The number of anilines is 1. The molecular weight excluding hydrogens is 348 g/mol. The van der Waals surface area contributed by atoms with E-state index in [1.165, 1.54) is 0 Å². The van der Waals surface area contributed by atoms with E-state index in [0.29, 0.717) is 51.5 Å². The number of nitrogens with one attached hydrogen (secondary N) is 1. The lowest BCUT2D eigenvalue weighted by atomic mass is 10.2. The van der Waals surface area contributed by atoms with Gasteiger partial charge in [-0.2, -0.15) is 5.26 Å². The zero-order valence-corrected chi connectivity index (χ0v) is 15.2. The Balaban J connectivity index is 1.74. The zero-order valence-electron chi connectivity index (χ0n) is 15.2. The summed E-state index contributed by atoms with van der Waals surface area (Å²) in [7, 11) is 0. The molecule has 9 heteroatoms. The van der Waals surface area contributed by atoms with Crippen molar-refractivity contribution in [1.82, 2.24) is 20.2 Å². The highest BCUT2D eigenvalue weighted by Crippen LogP contribution is 2.11. The van der Waals surface area contributed by atoms with E-state index in [2.05, 4.69) is 20.2 Å². The summed E-state index contributed by atoms with van der Waals surface area (Å²) in [4.78, 5) is 35.0. The topological polar surface area (TPSA) is 122 Å². The van der Waals surface area contributed by atoms with Gasteiger partial charge in [-0.15, -0.1) is 0 Å². The number of amides is 1. The monoisotopic (exact) mass is 372 g/mol. The average molecular weight is 372 g/mol. The number of aliphatic carboxylic acids is 1. The summed E-state index contributed by atoms with van der Waals surface area (Å²) >= 11 is 0. The van der Waals surface area contributed by atoms with Crippen LogP contribution in [0.5, 0.6) is 0 Å². The summed E-state index contributed by atoms with van der Waals surface area (Å²) < 4.78 is 0. The van der Waals surface area contributed by atoms with Crippen LogP contribution in [0.25, 0.3) is 0 Å². The van der Waals surface area contributed by atoms with Crippen LogP contribution in [0.4, 0.5) is 5.95 Å². The second kappa shape index (κ2) is 10.8. The SMILES string of the molecule is N#C/C(=C/N1CCN(c2ncccn2)CC1)C(=O)NCCCCCC(=O)O. The van der Waals surface area contributed by atoms with Gasteiger partial charge in [0.15, 0.2) is 0 Å². The molecule has 9 nitrogen and oxygen atoms in total. The zero-order chi connectivity index (χ0) is 19.5. The van der Waals surface area contributed by atoms with Gasteiger partial charge < -0.3 is 20.2 Å². The highest BCUT2D eigenvalue weighted by molar-refractivity contribution is 5.97. The maximum absolute atomic E-state index is 12.1. The molecular formula is C18H24N6O3. The molecule has 144 valence electrons. The summed E-state index contributed by atoms with van der Waals surface area (Å²) in [5.74, 6) is -0.528. The maximum Gasteiger partial charge on any atom is 0.303 e. The summed E-state index contributed by atoms with van der Waals surface area (Å²) in [5.41, 5.74) is 0.0740. The number of rotatable bonds is 9. The molecule has 1 aliphatic heterocycles. The van der Waals surface area contributed by atoms with Crippen molar-refractivity contribution < 1.29 is 14.7 Å². The second-order valence-corrected chi connectivity index (χ2v) is 6.19. The summed E-state index contributed by atoms with van der Waals surface area (Å²) in [6.45, 7) is 3.20. The van der Waals surface area contributed by atoms with Gasteiger partial charge >= 0.3 is 5.97 Å². The Morgan fingerprint density at radius 3 is 2.52 bits per heavy atom. The van der Waals surface area contributed by atoms with Crippen molar-refractivity contribution in [3.05, 3.63) is 30.2 Å². The molecule has 0 bridgehead atoms. The molecule has 1 aromatic heterocycles. The van der Waals surface area contributed by atoms with Crippen LogP contribution >= 0.6 is 0 Å². The van der Waals surface area contributed by atoms with Gasteiger partial charge in [0.05, 0.1) is 0 Å². The van der Waals surface area contributed by atoms with Gasteiger partial charge in [-0.25, -0.2) is 9.97 Å². The van der Waals surface area contributed by atoms with Crippen molar-refractivity contribution >= 4 is 17.8 Å². The van der Waals surface area contributed by atoms with Crippen molar-refractivity contribution in [3.8, 4) is 6.07 Å². The predicted octanol–water partition coefficient (Wildman–Crippen LogP) is 0.767. The molecule has 1 fully saturated rings.